The van der Waals surface area contributed by atoms with Gasteiger partial charge in [-0.05, 0) is 50.8 Å². The SMILES string of the molecule is O[C@@H]1CCCC[C@H]1n1cc(C2=CCN(CCN3CCCC3)CC2)cn1. The molecule has 5 nitrogen and oxygen atoms in total. The minimum atomic E-state index is -0.233. The van der Waals surface area contributed by atoms with Crippen LogP contribution < -0.4 is 0 Å². The molecule has 3 aliphatic rings. The lowest BCUT2D eigenvalue weighted by atomic mass is 9.93. The minimum Gasteiger partial charge on any atom is -0.391 e. The Hall–Kier alpha value is -1.17. The summed E-state index contributed by atoms with van der Waals surface area (Å²) in [7, 11) is 0. The molecule has 5 heteroatoms. The van der Waals surface area contributed by atoms with Gasteiger partial charge in [0, 0.05) is 37.9 Å². The zero-order chi connectivity index (χ0) is 17.1. The van der Waals surface area contributed by atoms with Crippen molar-refractivity contribution in [1.29, 1.82) is 0 Å². The molecule has 1 saturated carbocycles. The molecular weight excluding hydrogens is 312 g/mol. The lowest BCUT2D eigenvalue weighted by Gasteiger charge is -2.28. The molecule has 3 heterocycles. The third kappa shape index (κ3) is 4.15. The Morgan fingerprint density at radius 2 is 1.80 bits per heavy atom. The van der Waals surface area contributed by atoms with Crippen molar-refractivity contribution in [1.82, 2.24) is 19.6 Å². The third-order valence-electron chi connectivity index (χ3n) is 6.23. The molecule has 1 N–H and O–H groups in total. The van der Waals surface area contributed by atoms with Gasteiger partial charge < -0.3 is 10.0 Å². The van der Waals surface area contributed by atoms with Crippen molar-refractivity contribution < 1.29 is 5.11 Å². The largest absolute Gasteiger partial charge is 0.391 e. The van der Waals surface area contributed by atoms with Gasteiger partial charge in [0.15, 0.2) is 0 Å². The van der Waals surface area contributed by atoms with Crippen molar-refractivity contribution in [2.24, 2.45) is 0 Å². The maximum absolute atomic E-state index is 10.2. The standard InChI is InChI=1S/C20H32N4O/c25-20-6-2-1-5-19(20)24-16-18(15-21-24)17-7-11-23(12-8-17)14-13-22-9-3-4-10-22/h7,15-16,19-20,25H,1-6,8-14H2/t19-,20-/m1/s1. The van der Waals surface area contributed by atoms with Crippen molar-refractivity contribution in [3.63, 3.8) is 0 Å². The van der Waals surface area contributed by atoms with E-state index >= 15 is 0 Å². The van der Waals surface area contributed by atoms with Crippen LogP contribution in [0.4, 0.5) is 0 Å². The highest BCUT2D eigenvalue weighted by molar-refractivity contribution is 5.65. The molecule has 25 heavy (non-hydrogen) atoms. The van der Waals surface area contributed by atoms with Crippen LogP contribution in [0.3, 0.4) is 0 Å². The van der Waals surface area contributed by atoms with Crippen molar-refractivity contribution in [3.05, 3.63) is 24.0 Å². The Balaban J connectivity index is 1.32. The van der Waals surface area contributed by atoms with Gasteiger partial charge in [-0.2, -0.15) is 5.10 Å². The van der Waals surface area contributed by atoms with E-state index in [9.17, 15) is 5.11 Å². The van der Waals surface area contributed by atoms with Crippen LogP contribution in [0.5, 0.6) is 0 Å². The van der Waals surface area contributed by atoms with Gasteiger partial charge in [-0.15, -0.1) is 0 Å². The van der Waals surface area contributed by atoms with Gasteiger partial charge in [0.2, 0.25) is 0 Å². The zero-order valence-electron chi connectivity index (χ0n) is 15.3. The van der Waals surface area contributed by atoms with Crippen molar-refractivity contribution >= 4 is 5.57 Å². The van der Waals surface area contributed by atoms with E-state index in [1.807, 2.05) is 10.9 Å². The summed E-state index contributed by atoms with van der Waals surface area (Å²) in [5.74, 6) is 0. The Bertz CT molecular complexity index is 590. The molecule has 0 aromatic carbocycles. The van der Waals surface area contributed by atoms with Crippen molar-refractivity contribution in [2.45, 2.75) is 57.1 Å². The number of aromatic nitrogens is 2. The highest BCUT2D eigenvalue weighted by Crippen LogP contribution is 2.30. The minimum absolute atomic E-state index is 0.170. The quantitative estimate of drug-likeness (QED) is 0.892. The van der Waals surface area contributed by atoms with Crippen LogP contribution in [0.1, 0.15) is 56.6 Å². The number of likely N-dealkylation sites (tertiary alicyclic amines) is 1. The first-order valence-electron chi connectivity index (χ1n) is 10.2. The lowest BCUT2D eigenvalue weighted by molar-refractivity contribution is 0.0694. The van der Waals surface area contributed by atoms with E-state index < -0.39 is 0 Å². The van der Waals surface area contributed by atoms with E-state index in [2.05, 4.69) is 27.2 Å². The summed E-state index contributed by atoms with van der Waals surface area (Å²) in [5.41, 5.74) is 2.67. The predicted molar refractivity (Wildman–Crippen MR) is 100 cm³/mol. The second kappa shape index (κ2) is 8.02. The maximum atomic E-state index is 10.2. The van der Waals surface area contributed by atoms with Gasteiger partial charge in [-0.1, -0.05) is 18.9 Å². The fraction of sp³-hybridized carbons (Fsp3) is 0.750. The number of nitrogens with zero attached hydrogens (tertiary/aromatic N) is 4. The molecular formula is C20H32N4O. The van der Waals surface area contributed by atoms with Crippen molar-refractivity contribution in [2.75, 3.05) is 39.3 Å². The van der Waals surface area contributed by atoms with Gasteiger partial charge in [0.1, 0.15) is 0 Å². The highest BCUT2D eigenvalue weighted by Gasteiger charge is 2.25. The smallest absolute Gasteiger partial charge is 0.0778 e. The first-order valence-corrected chi connectivity index (χ1v) is 10.2. The third-order valence-corrected chi connectivity index (χ3v) is 6.23. The topological polar surface area (TPSA) is 44.5 Å². The molecule has 0 spiro atoms. The van der Waals surface area contributed by atoms with Crippen LogP contribution in [0.15, 0.2) is 18.5 Å². The van der Waals surface area contributed by atoms with Gasteiger partial charge >= 0.3 is 0 Å². The van der Waals surface area contributed by atoms with Crippen LogP contribution in [0.25, 0.3) is 5.57 Å². The highest BCUT2D eigenvalue weighted by atomic mass is 16.3. The number of aliphatic hydroxyl groups excluding tert-OH is 1. The van der Waals surface area contributed by atoms with Crippen LogP contribution in [0, 0.1) is 0 Å². The fourth-order valence-electron chi connectivity index (χ4n) is 4.55. The summed E-state index contributed by atoms with van der Waals surface area (Å²) >= 11 is 0. The number of hydrogen-bond donors (Lipinski definition) is 1. The van der Waals surface area contributed by atoms with E-state index in [0.29, 0.717) is 0 Å². The summed E-state index contributed by atoms with van der Waals surface area (Å²) in [6.45, 7) is 7.21. The predicted octanol–water partition coefficient (Wildman–Crippen LogP) is 2.54. The molecule has 2 fully saturated rings. The molecule has 2 atom stereocenters. The van der Waals surface area contributed by atoms with Gasteiger partial charge in [0.25, 0.3) is 0 Å². The summed E-state index contributed by atoms with van der Waals surface area (Å²) in [6, 6.07) is 0.170. The molecule has 1 aromatic heterocycles. The molecule has 1 saturated heterocycles. The average molecular weight is 345 g/mol. The van der Waals surface area contributed by atoms with Crippen LogP contribution in [-0.4, -0.2) is 70.1 Å². The van der Waals surface area contributed by atoms with E-state index in [4.69, 9.17) is 0 Å². The fourth-order valence-corrected chi connectivity index (χ4v) is 4.55. The number of hydrogen-bond acceptors (Lipinski definition) is 4. The van der Waals surface area contributed by atoms with Gasteiger partial charge in [-0.25, -0.2) is 0 Å². The number of rotatable bonds is 5. The Labute approximate surface area is 151 Å². The Kier molecular flexibility index (Phi) is 5.54. The molecule has 0 bridgehead atoms. The monoisotopic (exact) mass is 344 g/mol. The average Bonchev–Trinajstić information content (AvgIpc) is 3.33. The number of aliphatic hydroxyl groups is 1. The van der Waals surface area contributed by atoms with E-state index in [1.54, 1.807) is 0 Å². The van der Waals surface area contributed by atoms with Crippen LogP contribution in [0.2, 0.25) is 0 Å². The maximum Gasteiger partial charge on any atom is 0.0778 e. The van der Waals surface area contributed by atoms with Crippen LogP contribution in [-0.2, 0) is 0 Å². The van der Waals surface area contributed by atoms with Crippen molar-refractivity contribution in [3.8, 4) is 0 Å². The molecule has 0 radical (unpaired) electrons. The van der Waals surface area contributed by atoms with Gasteiger partial charge in [0.05, 0.1) is 18.3 Å². The molecule has 0 amide bonds. The lowest BCUT2D eigenvalue weighted by Crippen LogP contribution is -2.36. The molecule has 1 aliphatic carbocycles. The van der Waals surface area contributed by atoms with Gasteiger partial charge in [-0.3, -0.25) is 9.58 Å². The second-order valence-corrected chi connectivity index (χ2v) is 7.96. The summed E-state index contributed by atoms with van der Waals surface area (Å²) in [5, 5.41) is 14.8. The second-order valence-electron chi connectivity index (χ2n) is 7.96. The first-order chi connectivity index (χ1) is 12.3. The van der Waals surface area contributed by atoms with E-state index in [0.717, 1.165) is 38.8 Å². The summed E-state index contributed by atoms with van der Waals surface area (Å²) in [4.78, 5) is 5.16. The Morgan fingerprint density at radius 3 is 2.56 bits per heavy atom. The Morgan fingerprint density at radius 1 is 1.00 bits per heavy atom. The molecule has 2 aliphatic heterocycles. The summed E-state index contributed by atoms with van der Waals surface area (Å²) in [6.07, 6.45) is 14.5. The molecule has 138 valence electrons. The molecule has 1 aromatic rings. The normalized spacial score (nSPS) is 29.1. The summed E-state index contributed by atoms with van der Waals surface area (Å²) < 4.78 is 2.01. The van der Waals surface area contributed by atoms with E-state index in [-0.39, 0.29) is 12.1 Å². The molecule has 4 rings (SSSR count). The van der Waals surface area contributed by atoms with Crippen LogP contribution >= 0.6 is 0 Å². The first kappa shape index (κ1) is 17.3. The van der Waals surface area contributed by atoms with E-state index in [1.165, 1.54) is 56.6 Å². The zero-order valence-corrected chi connectivity index (χ0v) is 15.3. The molecule has 0 unspecified atom stereocenters.